The smallest absolute Gasteiger partial charge is 0.272 e. The minimum atomic E-state index is 0.0579. The van der Waals surface area contributed by atoms with Crippen molar-refractivity contribution in [2.24, 2.45) is 0 Å². The summed E-state index contributed by atoms with van der Waals surface area (Å²) in [5.41, 5.74) is 1.55. The van der Waals surface area contributed by atoms with E-state index in [2.05, 4.69) is 20.1 Å². The van der Waals surface area contributed by atoms with Gasteiger partial charge in [-0.2, -0.15) is 10.1 Å². The molecule has 8 nitrogen and oxygen atoms in total. The van der Waals surface area contributed by atoms with Crippen LogP contribution in [0.15, 0.2) is 10.6 Å². The summed E-state index contributed by atoms with van der Waals surface area (Å²) in [5, 5.41) is 8.27. The Hall–Kier alpha value is -2.22. The van der Waals surface area contributed by atoms with Crippen molar-refractivity contribution in [1.29, 1.82) is 0 Å². The molecule has 0 aromatic carbocycles. The molecule has 2 aromatic heterocycles. The van der Waals surface area contributed by atoms with Crippen LogP contribution in [-0.2, 0) is 13.1 Å². The SMILES string of the molecule is CCn1nc(C)cc1C(=O)N1CCN(Cc2noc(C)n2)CC1. The first kappa shape index (κ1) is 15.7. The monoisotopic (exact) mass is 318 g/mol. The summed E-state index contributed by atoms with van der Waals surface area (Å²) in [7, 11) is 0. The maximum absolute atomic E-state index is 12.7. The van der Waals surface area contributed by atoms with Crippen LogP contribution in [0.3, 0.4) is 0 Å². The van der Waals surface area contributed by atoms with E-state index in [1.165, 1.54) is 0 Å². The van der Waals surface area contributed by atoms with E-state index < -0.39 is 0 Å². The number of rotatable bonds is 4. The maximum atomic E-state index is 12.7. The van der Waals surface area contributed by atoms with E-state index in [0.717, 1.165) is 18.8 Å². The topological polar surface area (TPSA) is 80.3 Å². The summed E-state index contributed by atoms with van der Waals surface area (Å²) >= 11 is 0. The van der Waals surface area contributed by atoms with Crippen molar-refractivity contribution in [2.75, 3.05) is 26.2 Å². The molecule has 1 aliphatic rings. The molecule has 3 heterocycles. The van der Waals surface area contributed by atoms with Crippen molar-refractivity contribution in [2.45, 2.75) is 33.9 Å². The highest BCUT2D eigenvalue weighted by Gasteiger charge is 2.25. The molecule has 1 saturated heterocycles. The Morgan fingerprint density at radius 2 is 2.00 bits per heavy atom. The van der Waals surface area contributed by atoms with Gasteiger partial charge >= 0.3 is 0 Å². The molecule has 0 aliphatic carbocycles. The minimum absolute atomic E-state index is 0.0579. The van der Waals surface area contributed by atoms with Crippen LogP contribution in [-0.4, -0.2) is 61.8 Å². The van der Waals surface area contributed by atoms with Crippen LogP contribution in [0, 0.1) is 13.8 Å². The molecule has 0 spiro atoms. The van der Waals surface area contributed by atoms with Gasteiger partial charge in [-0.25, -0.2) is 0 Å². The van der Waals surface area contributed by atoms with Gasteiger partial charge in [-0.05, 0) is 19.9 Å². The summed E-state index contributed by atoms with van der Waals surface area (Å²) in [6, 6.07) is 1.86. The Bertz CT molecular complexity index is 684. The van der Waals surface area contributed by atoms with Crippen LogP contribution in [0.2, 0.25) is 0 Å². The fourth-order valence-electron chi connectivity index (χ4n) is 2.84. The third kappa shape index (κ3) is 3.42. The lowest BCUT2D eigenvalue weighted by Crippen LogP contribution is -2.48. The van der Waals surface area contributed by atoms with E-state index in [1.807, 2.05) is 24.8 Å². The maximum Gasteiger partial charge on any atom is 0.272 e. The molecule has 1 aliphatic heterocycles. The zero-order valence-corrected chi connectivity index (χ0v) is 13.8. The molecule has 0 atom stereocenters. The van der Waals surface area contributed by atoms with Crippen LogP contribution in [0.5, 0.6) is 0 Å². The number of aromatic nitrogens is 4. The lowest BCUT2D eigenvalue weighted by Gasteiger charge is -2.34. The average Bonchev–Trinajstić information content (AvgIpc) is 3.12. The van der Waals surface area contributed by atoms with Crippen molar-refractivity contribution in [1.82, 2.24) is 29.7 Å². The van der Waals surface area contributed by atoms with E-state index in [9.17, 15) is 4.79 Å². The van der Waals surface area contributed by atoms with E-state index in [0.29, 0.717) is 43.6 Å². The number of piperazine rings is 1. The van der Waals surface area contributed by atoms with Gasteiger partial charge in [0.1, 0.15) is 5.69 Å². The fourth-order valence-corrected chi connectivity index (χ4v) is 2.84. The number of hydrogen-bond donors (Lipinski definition) is 0. The third-order valence-corrected chi connectivity index (χ3v) is 4.01. The molecule has 2 aromatic rings. The molecule has 0 saturated carbocycles. The van der Waals surface area contributed by atoms with Gasteiger partial charge < -0.3 is 9.42 Å². The van der Waals surface area contributed by atoms with Crippen LogP contribution in [0.1, 0.15) is 34.8 Å². The molecule has 0 N–H and O–H groups in total. The molecule has 3 rings (SSSR count). The Morgan fingerprint density at radius 1 is 1.26 bits per heavy atom. The second kappa shape index (κ2) is 6.49. The van der Waals surface area contributed by atoms with Crippen LogP contribution >= 0.6 is 0 Å². The molecule has 23 heavy (non-hydrogen) atoms. The summed E-state index contributed by atoms with van der Waals surface area (Å²) in [4.78, 5) is 21.0. The summed E-state index contributed by atoms with van der Waals surface area (Å²) in [6.07, 6.45) is 0. The quantitative estimate of drug-likeness (QED) is 0.832. The number of carbonyl (C=O) groups excluding carboxylic acids is 1. The normalized spacial score (nSPS) is 16.0. The van der Waals surface area contributed by atoms with Gasteiger partial charge in [0.2, 0.25) is 5.89 Å². The predicted molar refractivity (Wildman–Crippen MR) is 82.9 cm³/mol. The summed E-state index contributed by atoms with van der Waals surface area (Å²) in [5.74, 6) is 1.33. The number of aryl methyl sites for hydroxylation is 3. The zero-order valence-electron chi connectivity index (χ0n) is 13.8. The van der Waals surface area contributed by atoms with Crippen molar-refractivity contribution in [3.05, 3.63) is 29.2 Å². The second-order valence-electron chi connectivity index (χ2n) is 5.78. The zero-order chi connectivity index (χ0) is 16.4. The molecule has 0 radical (unpaired) electrons. The first-order chi connectivity index (χ1) is 11.1. The Balaban J connectivity index is 1.58. The molecular weight excluding hydrogens is 296 g/mol. The lowest BCUT2D eigenvalue weighted by atomic mass is 10.2. The number of hydrogen-bond acceptors (Lipinski definition) is 6. The predicted octanol–water partition coefficient (Wildman–Crippen LogP) is 0.861. The van der Waals surface area contributed by atoms with Gasteiger partial charge in [0.15, 0.2) is 5.82 Å². The summed E-state index contributed by atoms with van der Waals surface area (Å²) in [6.45, 7) is 10.1. The van der Waals surface area contributed by atoms with Crippen LogP contribution < -0.4 is 0 Å². The molecule has 1 fully saturated rings. The van der Waals surface area contributed by atoms with Crippen molar-refractivity contribution < 1.29 is 9.32 Å². The molecule has 124 valence electrons. The highest BCUT2D eigenvalue weighted by atomic mass is 16.5. The lowest BCUT2D eigenvalue weighted by molar-refractivity contribution is 0.0612. The van der Waals surface area contributed by atoms with Gasteiger partial charge in [0, 0.05) is 39.6 Å². The molecule has 1 amide bonds. The van der Waals surface area contributed by atoms with Gasteiger partial charge in [-0.15, -0.1) is 0 Å². The molecule has 8 heteroatoms. The first-order valence-corrected chi connectivity index (χ1v) is 7.92. The van der Waals surface area contributed by atoms with E-state index in [-0.39, 0.29) is 5.91 Å². The van der Waals surface area contributed by atoms with Crippen LogP contribution in [0.4, 0.5) is 0 Å². The van der Waals surface area contributed by atoms with Crippen LogP contribution in [0.25, 0.3) is 0 Å². The van der Waals surface area contributed by atoms with Gasteiger partial charge in [-0.1, -0.05) is 5.16 Å². The standard InChI is InChI=1S/C15H22N6O2/c1-4-21-13(9-11(2)17-21)15(22)20-7-5-19(6-8-20)10-14-16-12(3)23-18-14/h9H,4-8,10H2,1-3H3. The van der Waals surface area contributed by atoms with E-state index in [1.54, 1.807) is 11.6 Å². The fraction of sp³-hybridized carbons (Fsp3) is 0.600. The number of amides is 1. The molecular formula is C15H22N6O2. The number of carbonyl (C=O) groups is 1. The first-order valence-electron chi connectivity index (χ1n) is 7.92. The molecule has 0 bridgehead atoms. The Morgan fingerprint density at radius 3 is 2.61 bits per heavy atom. The van der Waals surface area contributed by atoms with E-state index in [4.69, 9.17) is 4.52 Å². The second-order valence-corrected chi connectivity index (χ2v) is 5.78. The largest absolute Gasteiger partial charge is 0.340 e. The molecule has 0 unspecified atom stereocenters. The average molecular weight is 318 g/mol. The minimum Gasteiger partial charge on any atom is -0.340 e. The number of nitrogens with zero attached hydrogens (tertiary/aromatic N) is 6. The van der Waals surface area contributed by atoms with Crippen molar-refractivity contribution in [3.63, 3.8) is 0 Å². The van der Waals surface area contributed by atoms with Crippen molar-refractivity contribution >= 4 is 5.91 Å². The highest BCUT2D eigenvalue weighted by molar-refractivity contribution is 5.92. The van der Waals surface area contributed by atoms with Crippen molar-refractivity contribution in [3.8, 4) is 0 Å². The Labute approximate surface area is 135 Å². The van der Waals surface area contributed by atoms with E-state index >= 15 is 0 Å². The third-order valence-electron chi connectivity index (χ3n) is 4.01. The summed E-state index contributed by atoms with van der Waals surface area (Å²) < 4.78 is 6.76. The highest BCUT2D eigenvalue weighted by Crippen LogP contribution is 2.12. The van der Waals surface area contributed by atoms with Gasteiger partial charge in [0.05, 0.1) is 12.2 Å². The van der Waals surface area contributed by atoms with Gasteiger partial charge in [-0.3, -0.25) is 14.4 Å². The Kier molecular flexibility index (Phi) is 4.42. The van der Waals surface area contributed by atoms with Gasteiger partial charge in [0.25, 0.3) is 5.91 Å².